The van der Waals surface area contributed by atoms with Crippen LogP contribution in [0.25, 0.3) is 0 Å². The van der Waals surface area contributed by atoms with Gasteiger partial charge >= 0.3 is 0 Å². The molecule has 0 bridgehead atoms. The van der Waals surface area contributed by atoms with E-state index in [-0.39, 0.29) is 24.0 Å². The first-order valence-corrected chi connectivity index (χ1v) is 9.78. The summed E-state index contributed by atoms with van der Waals surface area (Å²) in [6.45, 7) is 9.56. The van der Waals surface area contributed by atoms with E-state index >= 15 is 0 Å². The molecular formula is C21H33IN4O3. The van der Waals surface area contributed by atoms with Crippen molar-refractivity contribution in [1.29, 1.82) is 0 Å². The molecule has 162 valence electrons. The maximum atomic E-state index is 5.39. The normalized spacial score (nSPS) is 11.1. The molecule has 29 heavy (non-hydrogen) atoms. The Balaban J connectivity index is 0.00000420. The summed E-state index contributed by atoms with van der Waals surface area (Å²) in [7, 11) is 1.67. The van der Waals surface area contributed by atoms with Crippen LogP contribution in [0.2, 0.25) is 0 Å². The molecular weight excluding hydrogens is 483 g/mol. The van der Waals surface area contributed by atoms with E-state index in [4.69, 9.17) is 19.0 Å². The van der Waals surface area contributed by atoms with E-state index in [1.807, 2.05) is 45.0 Å². The largest absolute Gasteiger partial charge is 0.497 e. The molecule has 0 amide bonds. The summed E-state index contributed by atoms with van der Waals surface area (Å²) >= 11 is 0. The lowest BCUT2D eigenvalue weighted by Crippen LogP contribution is -2.39. The molecule has 0 fully saturated rings. The molecule has 0 saturated heterocycles. The molecule has 0 spiro atoms. The average Bonchev–Trinajstić information content (AvgIpc) is 3.03. The number of rotatable bonds is 11. The Morgan fingerprint density at radius 1 is 1.14 bits per heavy atom. The van der Waals surface area contributed by atoms with Crippen molar-refractivity contribution in [3.8, 4) is 5.75 Å². The number of aliphatic imine (C=N–C) groups is 1. The van der Waals surface area contributed by atoms with Gasteiger partial charge in [0, 0.05) is 31.9 Å². The molecule has 2 aromatic rings. The van der Waals surface area contributed by atoms with Gasteiger partial charge in [0.1, 0.15) is 11.5 Å². The molecule has 0 unspecified atom stereocenters. The van der Waals surface area contributed by atoms with Crippen LogP contribution in [0.1, 0.15) is 35.9 Å². The molecule has 0 atom stereocenters. The van der Waals surface area contributed by atoms with Gasteiger partial charge in [0.15, 0.2) is 5.96 Å². The number of methoxy groups -OCH3 is 1. The minimum Gasteiger partial charge on any atom is -0.497 e. The van der Waals surface area contributed by atoms with Crippen LogP contribution in [0.3, 0.4) is 0 Å². The van der Waals surface area contributed by atoms with E-state index in [9.17, 15) is 0 Å². The first-order chi connectivity index (χ1) is 13.6. The van der Waals surface area contributed by atoms with Crippen molar-refractivity contribution in [2.24, 2.45) is 4.99 Å². The second-order valence-corrected chi connectivity index (χ2v) is 6.47. The van der Waals surface area contributed by atoms with Crippen molar-refractivity contribution >= 4 is 29.9 Å². The minimum atomic E-state index is 0. The van der Waals surface area contributed by atoms with E-state index in [0.29, 0.717) is 6.54 Å². The third-order valence-corrected chi connectivity index (χ3v) is 4.39. The molecule has 0 aliphatic heterocycles. The average molecular weight is 516 g/mol. The minimum absolute atomic E-state index is 0. The highest BCUT2D eigenvalue weighted by Gasteiger charge is 2.08. The van der Waals surface area contributed by atoms with Gasteiger partial charge in [-0.3, -0.25) is 0 Å². The van der Waals surface area contributed by atoms with Crippen LogP contribution in [-0.4, -0.2) is 44.5 Å². The molecule has 0 aliphatic rings. The fourth-order valence-electron chi connectivity index (χ4n) is 2.77. The van der Waals surface area contributed by atoms with Crippen molar-refractivity contribution in [1.82, 2.24) is 15.8 Å². The third kappa shape index (κ3) is 9.03. The van der Waals surface area contributed by atoms with Crippen LogP contribution in [0.4, 0.5) is 0 Å². The first-order valence-electron chi connectivity index (χ1n) is 9.78. The maximum Gasteiger partial charge on any atom is 0.191 e. The topological polar surface area (TPSA) is 80.9 Å². The zero-order valence-corrected chi connectivity index (χ0v) is 20.1. The highest BCUT2D eigenvalue weighted by molar-refractivity contribution is 14.0. The Labute approximate surface area is 190 Å². The Hall–Kier alpha value is -1.81. The second kappa shape index (κ2) is 14.2. The lowest BCUT2D eigenvalue weighted by Gasteiger charge is -2.13. The molecule has 2 rings (SSSR count). The zero-order chi connectivity index (χ0) is 20.2. The quantitative estimate of drug-likeness (QED) is 0.206. The summed E-state index contributed by atoms with van der Waals surface area (Å²) < 4.78 is 15.8. The lowest BCUT2D eigenvalue weighted by atomic mass is 10.1. The number of halogens is 1. The van der Waals surface area contributed by atoms with Gasteiger partial charge in [-0.2, -0.15) is 0 Å². The number of aromatic nitrogens is 1. The lowest BCUT2D eigenvalue weighted by molar-refractivity contribution is 0.145. The molecule has 1 aromatic carbocycles. The number of aryl methyl sites for hydroxylation is 2. The number of ether oxygens (including phenoxy) is 2. The van der Waals surface area contributed by atoms with Gasteiger partial charge in [-0.05, 0) is 51.3 Å². The highest BCUT2D eigenvalue weighted by Crippen LogP contribution is 2.13. The van der Waals surface area contributed by atoms with Crippen LogP contribution in [0, 0.1) is 13.8 Å². The molecule has 8 heteroatoms. The van der Waals surface area contributed by atoms with E-state index in [1.165, 1.54) is 0 Å². The van der Waals surface area contributed by atoms with Gasteiger partial charge in [0.05, 0.1) is 19.3 Å². The predicted molar refractivity (Wildman–Crippen MR) is 126 cm³/mol. The van der Waals surface area contributed by atoms with Crippen molar-refractivity contribution in [3.63, 3.8) is 0 Å². The van der Waals surface area contributed by atoms with Gasteiger partial charge in [-0.1, -0.05) is 17.3 Å². The van der Waals surface area contributed by atoms with Crippen LogP contribution in [0.5, 0.6) is 5.75 Å². The molecule has 7 nitrogen and oxygen atoms in total. The summed E-state index contributed by atoms with van der Waals surface area (Å²) in [6, 6.07) is 7.95. The van der Waals surface area contributed by atoms with E-state index in [2.05, 4.69) is 15.8 Å². The Morgan fingerprint density at radius 3 is 2.48 bits per heavy atom. The number of hydrogen-bond donors (Lipinski definition) is 2. The van der Waals surface area contributed by atoms with Crippen molar-refractivity contribution < 1.29 is 14.0 Å². The first kappa shape index (κ1) is 25.2. The molecule has 0 saturated carbocycles. The van der Waals surface area contributed by atoms with Crippen molar-refractivity contribution in [2.45, 2.75) is 40.2 Å². The summed E-state index contributed by atoms with van der Waals surface area (Å²) in [5, 5.41) is 10.8. The highest BCUT2D eigenvalue weighted by atomic mass is 127. The van der Waals surface area contributed by atoms with Gasteiger partial charge < -0.3 is 24.6 Å². The van der Waals surface area contributed by atoms with Gasteiger partial charge in [0.2, 0.25) is 0 Å². The fourth-order valence-corrected chi connectivity index (χ4v) is 2.77. The Morgan fingerprint density at radius 2 is 1.86 bits per heavy atom. The number of hydrogen-bond acceptors (Lipinski definition) is 5. The van der Waals surface area contributed by atoms with Crippen LogP contribution >= 0.6 is 24.0 Å². The van der Waals surface area contributed by atoms with Crippen LogP contribution in [0.15, 0.2) is 33.8 Å². The summed E-state index contributed by atoms with van der Waals surface area (Å²) in [5.74, 6) is 2.51. The standard InChI is InChI=1S/C21H32N4O3.HI/c1-5-27-14-6-12-22-21(23-13-11-20-16(2)25-28-17(20)3)24-15-18-7-9-19(26-4)10-8-18;/h7-10H,5-6,11-15H2,1-4H3,(H2,22,23,24);1H. The maximum absolute atomic E-state index is 5.39. The Kier molecular flexibility index (Phi) is 12.4. The number of nitrogens with zero attached hydrogens (tertiary/aromatic N) is 2. The van der Waals surface area contributed by atoms with Crippen LogP contribution in [-0.2, 0) is 17.7 Å². The zero-order valence-electron chi connectivity index (χ0n) is 17.8. The monoisotopic (exact) mass is 516 g/mol. The number of guanidine groups is 1. The molecule has 0 radical (unpaired) electrons. The second-order valence-electron chi connectivity index (χ2n) is 6.47. The van der Waals surface area contributed by atoms with Crippen LogP contribution < -0.4 is 15.4 Å². The molecule has 1 heterocycles. The third-order valence-electron chi connectivity index (χ3n) is 4.39. The SMILES string of the molecule is CCOCCCNC(=NCc1ccc(OC)cc1)NCCc1c(C)noc1C.I. The summed E-state index contributed by atoms with van der Waals surface area (Å²) in [4.78, 5) is 4.70. The molecule has 1 aromatic heterocycles. The molecule has 0 aliphatic carbocycles. The summed E-state index contributed by atoms with van der Waals surface area (Å²) in [5.41, 5.74) is 3.22. The van der Waals surface area contributed by atoms with E-state index in [1.54, 1.807) is 7.11 Å². The Bertz CT molecular complexity index is 713. The number of nitrogens with one attached hydrogen (secondary N) is 2. The van der Waals surface area contributed by atoms with Crippen molar-refractivity contribution in [3.05, 3.63) is 46.8 Å². The molecule has 2 N–H and O–H groups in total. The van der Waals surface area contributed by atoms with Crippen molar-refractivity contribution in [2.75, 3.05) is 33.4 Å². The van der Waals surface area contributed by atoms with E-state index < -0.39 is 0 Å². The summed E-state index contributed by atoms with van der Waals surface area (Å²) in [6.07, 6.45) is 1.77. The van der Waals surface area contributed by atoms with E-state index in [0.717, 1.165) is 73.4 Å². The van der Waals surface area contributed by atoms with Gasteiger partial charge in [0.25, 0.3) is 0 Å². The van der Waals surface area contributed by atoms with Gasteiger partial charge in [-0.25, -0.2) is 4.99 Å². The number of benzene rings is 1. The van der Waals surface area contributed by atoms with Gasteiger partial charge in [-0.15, -0.1) is 24.0 Å². The predicted octanol–water partition coefficient (Wildman–Crippen LogP) is 3.62. The fraction of sp³-hybridized carbons (Fsp3) is 0.524. The smallest absolute Gasteiger partial charge is 0.191 e.